The Bertz CT molecular complexity index is 259. The fourth-order valence-corrected chi connectivity index (χ4v) is 3.05. The molecule has 2 aliphatic rings. The van der Waals surface area contributed by atoms with Gasteiger partial charge in [-0.15, -0.1) is 0 Å². The van der Waals surface area contributed by atoms with Crippen molar-refractivity contribution in [2.24, 2.45) is 11.8 Å². The van der Waals surface area contributed by atoms with Crippen LogP contribution in [0.2, 0.25) is 0 Å². The third kappa shape index (κ3) is 3.21. The molecule has 2 atom stereocenters. The van der Waals surface area contributed by atoms with E-state index in [1.165, 1.54) is 19.3 Å². The van der Waals surface area contributed by atoms with Crippen LogP contribution in [0.3, 0.4) is 0 Å². The summed E-state index contributed by atoms with van der Waals surface area (Å²) in [5, 5.41) is 3.17. The summed E-state index contributed by atoms with van der Waals surface area (Å²) in [4.78, 5) is 12.1. The van der Waals surface area contributed by atoms with Crippen LogP contribution in [0.15, 0.2) is 0 Å². The molecule has 0 radical (unpaired) electrons. The Kier molecular flexibility index (Phi) is 4.43. The lowest BCUT2D eigenvalue weighted by Crippen LogP contribution is -2.43. The minimum absolute atomic E-state index is 0.186. The van der Waals surface area contributed by atoms with E-state index in [-0.39, 0.29) is 24.0 Å². The summed E-state index contributed by atoms with van der Waals surface area (Å²) in [6, 6.07) is 0.242. The van der Waals surface area contributed by atoms with E-state index in [9.17, 15) is 4.79 Å². The first-order chi connectivity index (χ1) is 8.20. The lowest BCUT2D eigenvalue weighted by Gasteiger charge is -2.28. The number of ether oxygens (including phenoxy) is 1. The van der Waals surface area contributed by atoms with Crippen molar-refractivity contribution in [1.82, 2.24) is 5.32 Å². The summed E-state index contributed by atoms with van der Waals surface area (Å²) in [5.74, 6) is 1.38. The second kappa shape index (κ2) is 5.85. The fourth-order valence-electron chi connectivity index (χ4n) is 3.05. The van der Waals surface area contributed by atoms with Crippen LogP contribution in [0.25, 0.3) is 0 Å². The second-order valence-electron chi connectivity index (χ2n) is 5.61. The van der Waals surface area contributed by atoms with Gasteiger partial charge in [-0.1, -0.05) is 13.3 Å². The van der Waals surface area contributed by atoms with Gasteiger partial charge >= 0.3 is 0 Å². The van der Waals surface area contributed by atoms with E-state index < -0.39 is 0 Å². The number of amides is 1. The first-order valence-corrected chi connectivity index (χ1v) is 7.12. The number of hydrogen-bond acceptors (Lipinski definition) is 2. The largest absolute Gasteiger partial charge is 0.376 e. The van der Waals surface area contributed by atoms with Gasteiger partial charge in [-0.2, -0.15) is 0 Å². The lowest BCUT2D eigenvalue weighted by molar-refractivity contribution is -0.127. The minimum atomic E-state index is 0.186. The van der Waals surface area contributed by atoms with E-state index in [0.717, 1.165) is 31.8 Å². The van der Waals surface area contributed by atoms with E-state index in [1.807, 2.05) is 6.92 Å². The molecule has 3 nitrogen and oxygen atoms in total. The van der Waals surface area contributed by atoms with Gasteiger partial charge in [0, 0.05) is 12.5 Å². The van der Waals surface area contributed by atoms with Gasteiger partial charge < -0.3 is 10.1 Å². The molecule has 1 saturated heterocycles. The molecule has 2 fully saturated rings. The van der Waals surface area contributed by atoms with Crippen LogP contribution >= 0.6 is 0 Å². The normalized spacial score (nSPS) is 38.0. The SMILES string of the molecule is CCC1CCC(C(=O)NC2CCOC2C)CC1. The first-order valence-electron chi connectivity index (χ1n) is 7.12. The first kappa shape index (κ1) is 12.9. The van der Waals surface area contributed by atoms with Crippen LogP contribution in [0, 0.1) is 11.8 Å². The Hall–Kier alpha value is -0.570. The van der Waals surface area contributed by atoms with Crippen molar-refractivity contribution in [2.75, 3.05) is 6.61 Å². The highest BCUT2D eigenvalue weighted by Gasteiger charge is 2.30. The number of carbonyl (C=O) groups excluding carboxylic acids is 1. The summed E-state index contributed by atoms with van der Waals surface area (Å²) >= 11 is 0. The summed E-state index contributed by atoms with van der Waals surface area (Å²) in [6.07, 6.45) is 7.03. The Morgan fingerprint density at radius 1 is 1.24 bits per heavy atom. The number of carbonyl (C=O) groups is 1. The zero-order valence-corrected chi connectivity index (χ0v) is 11.1. The smallest absolute Gasteiger partial charge is 0.223 e. The molecule has 0 spiro atoms. The number of hydrogen-bond donors (Lipinski definition) is 1. The molecule has 2 rings (SSSR count). The maximum Gasteiger partial charge on any atom is 0.223 e. The molecule has 0 aromatic rings. The molecule has 1 aliphatic heterocycles. The molecule has 0 aromatic carbocycles. The molecule has 1 amide bonds. The van der Waals surface area contributed by atoms with Gasteiger partial charge in [-0.25, -0.2) is 0 Å². The van der Waals surface area contributed by atoms with E-state index in [1.54, 1.807) is 0 Å². The molecule has 1 N–H and O–H groups in total. The molecule has 0 aromatic heterocycles. The van der Waals surface area contributed by atoms with Crippen LogP contribution in [0.1, 0.15) is 52.4 Å². The molecule has 1 aliphatic carbocycles. The Labute approximate surface area is 104 Å². The predicted molar refractivity (Wildman–Crippen MR) is 67.7 cm³/mol. The number of rotatable bonds is 3. The van der Waals surface area contributed by atoms with Gasteiger partial charge in [0.25, 0.3) is 0 Å². The molecule has 2 unspecified atom stereocenters. The monoisotopic (exact) mass is 239 g/mol. The second-order valence-corrected chi connectivity index (χ2v) is 5.61. The maximum atomic E-state index is 12.1. The van der Waals surface area contributed by atoms with Crippen LogP contribution in [0.5, 0.6) is 0 Å². The molecule has 1 saturated carbocycles. The maximum absolute atomic E-state index is 12.1. The average Bonchev–Trinajstić information content (AvgIpc) is 2.75. The quantitative estimate of drug-likeness (QED) is 0.821. The molecule has 98 valence electrons. The van der Waals surface area contributed by atoms with Crippen LogP contribution in [0.4, 0.5) is 0 Å². The molecule has 17 heavy (non-hydrogen) atoms. The minimum Gasteiger partial charge on any atom is -0.376 e. The van der Waals surface area contributed by atoms with Crippen molar-refractivity contribution in [1.29, 1.82) is 0 Å². The van der Waals surface area contributed by atoms with Crippen LogP contribution < -0.4 is 5.32 Å². The van der Waals surface area contributed by atoms with E-state index in [0.29, 0.717) is 0 Å². The fraction of sp³-hybridized carbons (Fsp3) is 0.929. The average molecular weight is 239 g/mol. The Morgan fingerprint density at radius 2 is 1.94 bits per heavy atom. The van der Waals surface area contributed by atoms with Crippen LogP contribution in [-0.2, 0) is 9.53 Å². The summed E-state index contributed by atoms with van der Waals surface area (Å²) in [5.41, 5.74) is 0. The highest BCUT2D eigenvalue weighted by atomic mass is 16.5. The van der Waals surface area contributed by atoms with Crippen molar-refractivity contribution in [3.05, 3.63) is 0 Å². The van der Waals surface area contributed by atoms with Crippen molar-refractivity contribution in [3.8, 4) is 0 Å². The van der Waals surface area contributed by atoms with Gasteiger partial charge in [-0.05, 0) is 44.9 Å². The summed E-state index contributed by atoms with van der Waals surface area (Å²) < 4.78 is 5.47. The summed E-state index contributed by atoms with van der Waals surface area (Å²) in [7, 11) is 0. The van der Waals surface area contributed by atoms with Gasteiger partial charge in [-0.3, -0.25) is 4.79 Å². The standard InChI is InChI=1S/C14H25NO2/c1-3-11-4-6-12(7-5-11)14(16)15-13-8-9-17-10(13)2/h10-13H,3-9H2,1-2H3,(H,15,16). The van der Waals surface area contributed by atoms with Gasteiger partial charge in [0.1, 0.15) is 0 Å². The number of nitrogens with one attached hydrogen (secondary N) is 1. The zero-order valence-electron chi connectivity index (χ0n) is 11.1. The molecular weight excluding hydrogens is 214 g/mol. The third-order valence-electron chi connectivity index (χ3n) is 4.50. The van der Waals surface area contributed by atoms with Crippen molar-refractivity contribution in [2.45, 2.75) is 64.5 Å². The molecule has 3 heteroatoms. The van der Waals surface area contributed by atoms with Gasteiger partial charge in [0.2, 0.25) is 5.91 Å². The molecule has 0 bridgehead atoms. The highest BCUT2D eigenvalue weighted by Crippen LogP contribution is 2.31. The zero-order chi connectivity index (χ0) is 12.3. The topological polar surface area (TPSA) is 38.3 Å². The van der Waals surface area contributed by atoms with Crippen molar-refractivity contribution in [3.63, 3.8) is 0 Å². The predicted octanol–water partition coefficient (Wildman–Crippen LogP) is 2.50. The third-order valence-corrected chi connectivity index (χ3v) is 4.50. The molecular formula is C14H25NO2. The highest BCUT2D eigenvalue weighted by molar-refractivity contribution is 5.79. The van der Waals surface area contributed by atoms with Gasteiger partial charge in [0.15, 0.2) is 0 Å². The Balaban J connectivity index is 1.77. The van der Waals surface area contributed by atoms with E-state index in [4.69, 9.17) is 4.74 Å². The Morgan fingerprint density at radius 3 is 2.47 bits per heavy atom. The van der Waals surface area contributed by atoms with E-state index in [2.05, 4.69) is 12.2 Å². The van der Waals surface area contributed by atoms with Gasteiger partial charge in [0.05, 0.1) is 12.1 Å². The van der Waals surface area contributed by atoms with Crippen molar-refractivity contribution < 1.29 is 9.53 Å². The summed E-state index contributed by atoms with van der Waals surface area (Å²) in [6.45, 7) is 5.09. The van der Waals surface area contributed by atoms with Crippen molar-refractivity contribution >= 4 is 5.91 Å². The molecule has 1 heterocycles. The lowest BCUT2D eigenvalue weighted by atomic mass is 9.80. The van der Waals surface area contributed by atoms with Crippen LogP contribution in [-0.4, -0.2) is 24.7 Å². The van der Waals surface area contributed by atoms with E-state index >= 15 is 0 Å².